The van der Waals surface area contributed by atoms with Gasteiger partial charge in [-0.25, -0.2) is 0 Å². The van der Waals surface area contributed by atoms with Crippen LogP contribution in [0.15, 0.2) is 0 Å². The van der Waals surface area contributed by atoms with Gasteiger partial charge in [-0.2, -0.15) is 0 Å². The summed E-state index contributed by atoms with van der Waals surface area (Å²) < 4.78 is 5.23. The van der Waals surface area contributed by atoms with Crippen molar-refractivity contribution >= 4 is 5.91 Å². The second kappa shape index (κ2) is 17.8. The second-order valence-electron chi connectivity index (χ2n) is 7.97. The standard InChI is InChI=1S/C22H45NO3/c1-5-9-19(3)11-7-8-12-21(14-13-20(4)10-6-2)22(25)23-15-17-26-18-16-24/h19-21,24H,5-18H2,1-4H3,(H,23,25). The fourth-order valence-electron chi connectivity index (χ4n) is 3.61. The SMILES string of the molecule is CCCC(C)CCCCC(CCC(C)CCC)C(=O)NCCOCCO. The van der Waals surface area contributed by atoms with E-state index in [2.05, 4.69) is 33.0 Å². The van der Waals surface area contributed by atoms with Gasteiger partial charge in [0, 0.05) is 12.5 Å². The smallest absolute Gasteiger partial charge is 0.223 e. The largest absolute Gasteiger partial charge is 0.394 e. The van der Waals surface area contributed by atoms with Crippen LogP contribution < -0.4 is 5.32 Å². The molecular formula is C22H45NO3. The first-order valence-corrected chi connectivity index (χ1v) is 11.0. The maximum Gasteiger partial charge on any atom is 0.223 e. The molecule has 0 rings (SSSR count). The van der Waals surface area contributed by atoms with E-state index < -0.39 is 0 Å². The third-order valence-electron chi connectivity index (χ3n) is 5.22. The van der Waals surface area contributed by atoms with E-state index in [4.69, 9.17) is 9.84 Å². The van der Waals surface area contributed by atoms with Crippen LogP contribution in [0.25, 0.3) is 0 Å². The molecule has 3 unspecified atom stereocenters. The summed E-state index contributed by atoms with van der Waals surface area (Å²) >= 11 is 0. The third-order valence-corrected chi connectivity index (χ3v) is 5.22. The van der Waals surface area contributed by atoms with Crippen molar-refractivity contribution in [3.8, 4) is 0 Å². The summed E-state index contributed by atoms with van der Waals surface area (Å²) in [6, 6.07) is 0. The summed E-state index contributed by atoms with van der Waals surface area (Å²) in [6.07, 6.45) is 11.8. The maximum absolute atomic E-state index is 12.6. The van der Waals surface area contributed by atoms with E-state index >= 15 is 0 Å². The minimum Gasteiger partial charge on any atom is -0.394 e. The van der Waals surface area contributed by atoms with Gasteiger partial charge in [0.05, 0.1) is 19.8 Å². The van der Waals surface area contributed by atoms with Gasteiger partial charge in [-0.15, -0.1) is 0 Å². The van der Waals surface area contributed by atoms with Gasteiger partial charge < -0.3 is 15.2 Å². The van der Waals surface area contributed by atoms with Gasteiger partial charge in [-0.05, 0) is 31.1 Å². The molecule has 156 valence electrons. The number of nitrogens with one attached hydrogen (secondary N) is 1. The quantitative estimate of drug-likeness (QED) is 0.335. The Hall–Kier alpha value is -0.610. The van der Waals surface area contributed by atoms with E-state index in [-0.39, 0.29) is 18.4 Å². The molecule has 0 aromatic heterocycles. The number of aliphatic hydroxyl groups excluding tert-OH is 1. The predicted molar refractivity (Wildman–Crippen MR) is 110 cm³/mol. The lowest BCUT2D eigenvalue weighted by atomic mass is 9.89. The highest BCUT2D eigenvalue weighted by molar-refractivity contribution is 5.78. The molecule has 0 spiro atoms. The molecular weight excluding hydrogens is 326 g/mol. The van der Waals surface area contributed by atoms with Crippen molar-refractivity contribution in [1.82, 2.24) is 5.32 Å². The Balaban J connectivity index is 4.24. The molecule has 26 heavy (non-hydrogen) atoms. The number of hydrogen-bond donors (Lipinski definition) is 2. The molecule has 0 bridgehead atoms. The number of ether oxygens (including phenoxy) is 1. The van der Waals surface area contributed by atoms with Crippen molar-refractivity contribution in [1.29, 1.82) is 0 Å². The van der Waals surface area contributed by atoms with E-state index in [0.29, 0.717) is 25.7 Å². The van der Waals surface area contributed by atoms with Crippen LogP contribution >= 0.6 is 0 Å². The Morgan fingerprint density at radius 1 is 0.885 bits per heavy atom. The van der Waals surface area contributed by atoms with E-state index in [1.54, 1.807) is 0 Å². The normalized spacial score (nSPS) is 14.8. The van der Waals surface area contributed by atoms with Gasteiger partial charge in [0.2, 0.25) is 5.91 Å². The average molecular weight is 372 g/mol. The fourth-order valence-corrected chi connectivity index (χ4v) is 3.61. The molecule has 0 aliphatic heterocycles. The molecule has 0 saturated heterocycles. The third kappa shape index (κ3) is 14.5. The van der Waals surface area contributed by atoms with Crippen molar-refractivity contribution in [2.75, 3.05) is 26.4 Å². The summed E-state index contributed by atoms with van der Waals surface area (Å²) in [4.78, 5) is 12.6. The van der Waals surface area contributed by atoms with Gasteiger partial charge in [0.1, 0.15) is 0 Å². The lowest BCUT2D eigenvalue weighted by Crippen LogP contribution is -2.33. The molecule has 0 fully saturated rings. The Morgan fingerprint density at radius 3 is 2.12 bits per heavy atom. The molecule has 4 heteroatoms. The molecule has 0 aliphatic rings. The Labute approximate surface area is 162 Å². The molecule has 0 aromatic carbocycles. The molecule has 4 nitrogen and oxygen atoms in total. The lowest BCUT2D eigenvalue weighted by molar-refractivity contribution is -0.125. The topological polar surface area (TPSA) is 58.6 Å². The molecule has 1 amide bonds. The Bertz CT molecular complexity index is 323. The van der Waals surface area contributed by atoms with Crippen LogP contribution in [0.4, 0.5) is 0 Å². The average Bonchev–Trinajstić information content (AvgIpc) is 2.61. The van der Waals surface area contributed by atoms with Gasteiger partial charge in [-0.1, -0.05) is 72.6 Å². The summed E-state index contributed by atoms with van der Waals surface area (Å²) in [5.41, 5.74) is 0. The monoisotopic (exact) mass is 371 g/mol. The van der Waals surface area contributed by atoms with Gasteiger partial charge in [-0.3, -0.25) is 4.79 Å². The van der Waals surface area contributed by atoms with Crippen LogP contribution in [0.3, 0.4) is 0 Å². The first-order valence-electron chi connectivity index (χ1n) is 11.0. The molecule has 0 aliphatic carbocycles. The summed E-state index contributed by atoms with van der Waals surface area (Å²) in [5.74, 6) is 1.82. The zero-order chi connectivity index (χ0) is 19.6. The molecule has 2 N–H and O–H groups in total. The highest BCUT2D eigenvalue weighted by Crippen LogP contribution is 2.23. The maximum atomic E-state index is 12.6. The van der Waals surface area contributed by atoms with Crippen LogP contribution in [-0.2, 0) is 9.53 Å². The second-order valence-corrected chi connectivity index (χ2v) is 7.97. The molecule has 0 heterocycles. The Kier molecular flexibility index (Phi) is 17.4. The minimum absolute atomic E-state index is 0.0301. The van der Waals surface area contributed by atoms with Crippen LogP contribution in [0.1, 0.15) is 91.9 Å². The van der Waals surface area contributed by atoms with E-state index in [0.717, 1.165) is 31.6 Å². The lowest BCUT2D eigenvalue weighted by Gasteiger charge is -2.19. The van der Waals surface area contributed by atoms with Crippen molar-refractivity contribution in [3.63, 3.8) is 0 Å². The van der Waals surface area contributed by atoms with Crippen LogP contribution in [0.2, 0.25) is 0 Å². The van der Waals surface area contributed by atoms with Crippen LogP contribution in [0.5, 0.6) is 0 Å². The van der Waals surface area contributed by atoms with E-state index in [9.17, 15) is 4.79 Å². The molecule has 0 saturated carbocycles. The van der Waals surface area contributed by atoms with E-state index in [1.165, 1.54) is 38.5 Å². The number of carbonyl (C=O) groups is 1. The summed E-state index contributed by atoms with van der Waals surface area (Å²) in [5, 5.41) is 11.7. The highest BCUT2D eigenvalue weighted by atomic mass is 16.5. The number of aliphatic hydroxyl groups is 1. The van der Waals surface area contributed by atoms with Crippen LogP contribution in [0, 0.1) is 17.8 Å². The van der Waals surface area contributed by atoms with Crippen molar-refractivity contribution < 1.29 is 14.6 Å². The zero-order valence-electron chi connectivity index (χ0n) is 17.9. The Morgan fingerprint density at radius 2 is 1.50 bits per heavy atom. The molecule has 3 atom stereocenters. The summed E-state index contributed by atoms with van der Waals surface area (Å²) in [7, 11) is 0. The van der Waals surface area contributed by atoms with Gasteiger partial charge in [0.15, 0.2) is 0 Å². The number of rotatable bonds is 18. The van der Waals surface area contributed by atoms with E-state index in [1.807, 2.05) is 0 Å². The first kappa shape index (κ1) is 25.4. The minimum atomic E-state index is 0.0301. The number of unbranched alkanes of at least 4 members (excludes halogenated alkanes) is 1. The number of amides is 1. The van der Waals surface area contributed by atoms with Gasteiger partial charge >= 0.3 is 0 Å². The molecule has 0 aromatic rings. The zero-order valence-corrected chi connectivity index (χ0v) is 17.9. The highest BCUT2D eigenvalue weighted by Gasteiger charge is 2.19. The van der Waals surface area contributed by atoms with Crippen molar-refractivity contribution in [2.45, 2.75) is 91.9 Å². The van der Waals surface area contributed by atoms with Crippen molar-refractivity contribution in [2.24, 2.45) is 17.8 Å². The molecule has 0 radical (unpaired) electrons. The van der Waals surface area contributed by atoms with Gasteiger partial charge in [0.25, 0.3) is 0 Å². The summed E-state index contributed by atoms with van der Waals surface area (Å²) in [6.45, 7) is 10.5. The number of hydrogen-bond acceptors (Lipinski definition) is 3. The number of carbonyl (C=O) groups excluding carboxylic acids is 1. The first-order chi connectivity index (χ1) is 12.5. The van der Waals surface area contributed by atoms with Crippen LogP contribution in [-0.4, -0.2) is 37.4 Å². The predicted octanol–water partition coefficient (Wildman–Crippen LogP) is 4.94. The van der Waals surface area contributed by atoms with Crippen molar-refractivity contribution in [3.05, 3.63) is 0 Å². The fraction of sp³-hybridized carbons (Fsp3) is 0.955.